The van der Waals surface area contributed by atoms with Gasteiger partial charge in [0, 0.05) is 52.1 Å². The number of nitrogens with zero attached hydrogens (tertiary/aromatic N) is 3. The number of nitrogens with one attached hydrogen (secondary N) is 1. The first-order chi connectivity index (χ1) is 18.3. The summed E-state index contributed by atoms with van der Waals surface area (Å²) in [6.45, 7) is 6.16. The third kappa shape index (κ3) is 5.54. The second-order valence-electron chi connectivity index (χ2n) is 9.15. The lowest BCUT2D eigenvalue weighted by Gasteiger charge is -2.29. The number of carbonyl (C=O) groups is 2. The summed E-state index contributed by atoms with van der Waals surface area (Å²) < 4.78 is 5.71. The molecule has 196 valence electrons. The van der Waals surface area contributed by atoms with Crippen LogP contribution >= 0.6 is 34.5 Å². The molecule has 3 heterocycles. The third-order valence-electron chi connectivity index (χ3n) is 6.46. The Morgan fingerprint density at radius 1 is 1.18 bits per heavy atom. The zero-order valence-corrected chi connectivity index (χ0v) is 23.3. The minimum absolute atomic E-state index is 0.376. The van der Waals surface area contributed by atoms with Crippen LogP contribution in [0.3, 0.4) is 0 Å². The van der Waals surface area contributed by atoms with Crippen LogP contribution in [0.15, 0.2) is 47.8 Å². The zero-order chi connectivity index (χ0) is 26.8. The van der Waals surface area contributed by atoms with E-state index < -0.39 is 18.0 Å². The number of pyridine rings is 1. The van der Waals surface area contributed by atoms with Gasteiger partial charge in [0.25, 0.3) is 5.91 Å². The fourth-order valence-electron chi connectivity index (χ4n) is 4.62. The number of halogens is 2. The topological polar surface area (TPSA) is 84.4 Å². The smallest absolute Gasteiger partial charge is 0.339 e. The maximum atomic E-state index is 13.5. The lowest BCUT2D eigenvalue weighted by molar-refractivity contribution is -0.123. The lowest BCUT2D eigenvalue weighted by Crippen LogP contribution is -2.34. The van der Waals surface area contributed by atoms with Crippen molar-refractivity contribution in [3.05, 3.63) is 74.7 Å². The highest BCUT2D eigenvalue weighted by molar-refractivity contribution is 7.14. The number of esters is 1. The largest absolute Gasteiger partial charge is 0.449 e. The van der Waals surface area contributed by atoms with Crippen molar-refractivity contribution in [2.75, 3.05) is 18.4 Å². The van der Waals surface area contributed by atoms with Crippen LogP contribution in [0.1, 0.15) is 41.9 Å². The van der Waals surface area contributed by atoms with E-state index in [-0.39, 0.29) is 0 Å². The van der Waals surface area contributed by atoms with E-state index in [1.165, 1.54) is 11.3 Å². The van der Waals surface area contributed by atoms with Gasteiger partial charge in [-0.3, -0.25) is 20.0 Å². The van der Waals surface area contributed by atoms with Gasteiger partial charge in [0.2, 0.25) is 0 Å². The van der Waals surface area contributed by atoms with Gasteiger partial charge in [-0.2, -0.15) is 0 Å². The van der Waals surface area contributed by atoms with Gasteiger partial charge in [0.15, 0.2) is 11.2 Å². The van der Waals surface area contributed by atoms with E-state index in [0.29, 0.717) is 38.5 Å². The number of ether oxygens (including phenoxy) is 1. The molecule has 0 fully saturated rings. The molecule has 2 aromatic carbocycles. The number of para-hydroxylation sites is 1. The van der Waals surface area contributed by atoms with E-state index in [0.717, 1.165) is 48.1 Å². The SMILES string of the molecule is CCCN1CCc2nc3ccccc3c(C(=O)OC(C)C(=O)Nc3nc(-c4ccc(Cl)cc4Cl)cs3)c2C1. The van der Waals surface area contributed by atoms with Crippen LogP contribution in [0.5, 0.6) is 0 Å². The predicted molar refractivity (Wildman–Crippen MR) is 152 cm³/mol. The van der Waals surface area contributed by atoms with Crippen molar-refractivity contribution in [1.82, 2.24) is 14.9 Å². The molecule has 7 nitrogen and oxygen atoms in total. The molecule has 1 aliphatic heterocycles. The van der Waals surface area contributed by atoms with Crippen molar-refractivity contribution in [3.63, 3.8) is 0 Å². The van der Waals surface area contributed by atoms with E-state index in [2.05, 4.69) is 22.1 Å². The number of rotatable bonds is 7. The maximum absolute atomic E-state index is 13.5. The first-order valence-corrected chi connectivity index (χ1v) is 14.0. The number of hydrogen-bond donors (Lipinski definition) is 1. The van der Waals surface area contributed by atoms with Gasteiger partial charge in [-0.25, -0.2) is 9.78 Å². The number of aromatic nitrogens is 2. The monoisotopic (exact) mass is 568 g/mol. The molecule has 4 aromatic rings. The minimum atomic E-state index is -1.04. The van der Waals surface area contributed by atoms with Crippen molar-refractivity contribution < 1.29 is 14.3 Å². The molecule has 38 heavy (non-hydrogen) atoms. The summed E-state index contributed by atoms with van der Waals surface area (Å²) >= 11 is 13.5. The molecule has 1 atom stereocenters. The van der Waals surface area contributed by atoms with E-state index >= 15 is 0 Å². The maximum Gasteiger partial charge on any atom is 0.339 e. The Morgan fingerprint density at radius 2 is 2.00 bits per heavy atom. The Bertz CT molecular complexity index is 1520. The summed E-state index contributed by atoms with van der Waals surface area (Å²) in [7, 11) is 0. The summed E-state index contributed by atoms with van der Waals surface area (Å²) in [4.78, 5) is 38.1. The molecule has 1 amide bonds. The lowest BCUT2D eigenvalue weighted by atomic mass is 9.95. The number of carbonyl (C=O) groups excluding carboxylic acids is 2. The molecule has 0 aliphatic carbocycles. The second kappa shape index (κ2) is 11.4. The van der Waals surface area contributed by atoms with Gasteiger partial charge >= 0.3 is 5.97 Å². The standard InChI is InChI=1S/C28H26Cl2N4O3S/c1-3-11-34-12-10-23-20(14-34)25(19-6-4-5-7-22(19)31-23)27(36)37-16(2)26(35)33-28-32-24(15-38-28)18-9-8-17(29)13-21(18)30/h4-9,13,15-16H,3,10-12,14H2,1-2H3,(H,32,33,35). The number of hydrogen-bond acceptors (Lipinski definition) is 7. The number of anilines is 1. The van der Waals surface area contributed by atoms with Crippen molar-refractivity contribution in [2.45, 2.75) is 39.3 Å². The molecule has 0 radical (unpaired) electrons. The molecule has 0 bridgehead atoms. The van der Waals surface area contributed by atoms with Crippen LogP contribution in [0.25, 0.3) is 22.2 Å². The van der Waals surface area contributed by atoms with E-state index in [4.69, 9.17) is 32.9 Å². The molecular weight excluding hydrogens is 543 g/mol. The highest BCUT2D eigenvalue weighted by Gasteiger charge is 2.28. The Morgan fingerprint density at radius 3 is 2.79 bits per heavy atom. The van der Waals surface area contributed by atoms with Gasteiger partial charge in [0.1, 0.15) is 0 Å². The predicted octanol–water partition coefficient (Wildman–Crippen LogP) is 6.62. The zero-order valence-electron chi connectivity index (χ0n) is 21.0. The Hall–Kier alpha value is -3.04. The Labute approximate surface area is 234 Å². The Balaban J connectivity index is 1.34. The van der Waals surface area contributed by atoms with Crippen molar-refractivity contribution in [1.29, 1.82) is 0 Å². The van der Waals surface area contributed by atoms with Gasteiger partial charge in [-0.05, 0) is 44.2 Å². The second-order valence-corrected chi connectivity index (χ2v) is 10.9. The van der Waals surface area contributed by atoms with Crippen molar-refractivity contribution in [3.8, 4) is 11.3 Å². The molecule has 1 aliphatic rings. The van der Waals surface area contributed by atoms with Crippen molar-refractivity contribution in [2.24, 2.45) is 0 Å². The van der Waals surface area contributed by atoms with Gasteiger partial charge in [0.05, 0.1) is 21.8 Å². The van der Waals surface area contributed by atoms with Crippen LogP contribution in [0, 0.1) is 0 Å². The molecule has 0 spiro atoms. The molecule has 5 rings (SSSR count). The first kappa shape index (κ1) is 26.6. The fraction of sp³-hybridized carbons (Fsp3) is 0.286. The molecule has 10 heteroatoms. The minimum Gasteiger partial charge on any atom is -0.449 e. The van der Waals surface area contributed by atoms with Crippen LogP contribution in [0.2, 0.25) is 10.0 Å². The summed E-state index contributed by atoms with van der Waals surface area (Å²) in [5.74, 6) is -1.00. The number of thiazole rings is 1. The first-order valence-electron chi connectivity index (χ1n) is 12.4. The molecule has 0 saturated heterocycles. The van der Waals surface area contributed by atoms with Crippen LogP contribution in [0.4, 0.5) is 5.13 Å². The number of amides is 1. The van der Waals surface area contributed by atoms with Crippen LogP contribution in [-0.2, 0) is 22.5 Å². The van der Waals surface area contributed by atoms with Crippen LogP contribution < -0.4 is 5.32 Å². The summed E-state index contributed by atoms with van der Waals surface area (Å²) in [5.41, 5.74) is 4.35. The molecule has 0 saturated carbocycles. The summed E-state index contributed by atoms with van der Waals surface area (Å²) in [6.07, 6.45) is 0.753. The quantitative estimate of drug-likeness (QED) is 0.252. The van der Waals surface area contributed by atoms with Gasteiger partial charge in [-0.15, -0.1) is 11.3 Å². The Kier molecular flexibility index (Phi) is 7.95. The van der Waals surface area contributed by atoms with E-state index in [1.54, 1.807) is 30.5 Å². The highest BCUT2D eigenvalue weighted by Crippen LogP contribution is 2.33. The molecule has 2 aromatic heterocycles. The summed E-state index contributed by atoms with van der Waals surface area (Å²) in [5, 5.41) is 6.63. The summed E-state index contributed by atoms with van der Waals surface area (Å²) in [6, 6.07) is 12.7. The molecule has 1 N–H and O–H groups in total. The normalized spacial score (nSPS) is 14.2. The average Bonchev–Trinajstić information content (AvgIpc) is 3.35. The molecule has 1 unspecified atom stereocenters. The van der Waals surface area contributed by atoms with E-state index in [9.17, 15) is 9.59 Å². The molecular formula is C28H26Cl2N4O3S. The fourth-order valence-corrected chi connectivity index (χ4v) is 5.84. The van der Waals surface area contributed by atoms with Gasteiger partial charge in [-0.1, -0.05) is 48.3 Å². The highest BCUT2D eigenvalue weighted by atomic mass is 35.5. The van der Waals surface area contributed by atoms with E-state index in [1.807, 2.05) is 24.3 Å². The van der Waals surface area contributed by atoms with Crippen LogP contribution in [-0.4, -0.2) is 45.9 Å². The average molecular weight is 570 g/mol. The van der Waals surface area contributed by atoms with Crippen molar-refractivity contribution >= 4 is 62.4 Å². The number of fused-ring (bicyclic) bond motifs is 2. The third-order valence-corrected chi connectivity index (χ3v) is 7.77. The number of benzene rings is 2. The van der Waals surface area contributed by atoms with Gasteiger partial charge < -0.3 is 4.74 Å².